The van der Waals surface area contributed by atoms with E-state index in [0.717, 1.165) is 0 Å². The van der Waals surface area contributed by atoms with Gasteiger partial charge in [0.05, 0.1) is 0 Å². The van der Waals surface area contributed by atoms with Gasteiger partial charge in [0.1, 0.15) is 0 Å². The molecule has 0 N–H and O–H groups in total. The third-order valence-electron chi connectivity index (χ3n) is 2.59. The summed E-state index contributed by atoms with van der Waals surface area (Å²) in [5.41, 5.74) is 0. The highest BCUT2D eigenvalue weighted by Crippen LogP contribution is 2.04. The molecule has 1 rings (SSSR count). The van der Waals surface area contributed by atoms with Crippen LogP contribution in [0.4, 0.5) is 0 Å². The zero-order valence-corrected chi connectivity index (χ0v) is 11.0. The first kappa shape index (κ1) is 14.9. The van der Waals surface area contributed by atoms with Gasteiger partial charge in [-0.05, 0) is 0 Å². The molecular weight excluding hydrogens is 204 g/mol. The Hall–Kier alpha value is -1.06. The van der Waals surface area contributed by atoms with Gasteiger partial charge in [-0.3, -0.25) is 9.59 Å². The van der Waals surface area contributed by atoms with Crippen molar-refractivity contribution in [1.29, 1.82) is 0 Å². The topological polar surface area (TPSA) is 40.6 Å². The van der Waals surface area contributed by atoms with Crippen LogP contribution in [0.25, 0.3) is 0 Å². The predicted octanol–water partition coefficient (Wildman–Crippen LogP) is 1.50. The van der Waals surface area contributed by atoms with Crippen LogP contribution >= 0.6 is 0 Å². The minimum Gasteiger partial charge on any atom is -0.339 e. The molecule has 1 saturated heterocycles. The number of carbonyl (C=O) groups is 2. The molecule has 0 aromatic heterocycles. The molecule has 1 aliphatic heterocycles. The molecule has 1 fully saturated rings. The quantitative estimate of drug-likeness (QED) is 0.718. The van der Waals surface area contributed by atoms with Crippen molar-refractivity contribution in [2.24, 2.45) is 0 Å². The lowest BCUT2D eigenvalue weighted by Crippen LogP contribution is -2.50. The number of amides is 2. The fourth-order valence-electron chi connectivity index (χ4n) is 1.65. The van der Waals surface area contributed by atoms with E-state index < -0.39 is 0 Å². The molecule has 94 valence electrons. The fourth-order valence-corrected chi connectivity index (χ4v) is 1.65. The summed E-state index contributed by atoms with van der Waals surface area (Å²) >= 11 is 0. The highest BCUT2D eigenvalue weighted by atomic mass is 16.2. The van der Waals surface area contributed by atoms with Crippen molar-refractivity contribution in [2.45, 2.75) is 40.5 Å². The van der Waals surface area contributed by atoms with Gasteiger partial charge in [0, 0.05) is 39.0 Å². The van der Waals surface area contributed by atoms with E-state index in [1.54, 1.807) is 0 Å². The summed E-state index contributed by atoms with van der Waals surface area (Å²) in [4.78, 5) is 26.3. The lowest BCUT2D eigenvalue weighted by atomic mass is 10.2. The Morgan fingerprint density at radius 2 is 1.06 bits per heavy atom. The molecule has 1 heterocycles. The number of hydrogen-bond donors (Lipinski definition) is 0. The van der Waals surface area contributed by atoms with Crippen LogP contribution in [0, 0.1) is 0 Å². The lowest BCUT2D eigenvalue weighted by Gasteiger charge is -2.34. The van der Waals surface area contributed by atoms with Gasteiger partial charge in [-0.1, -0.05) is 27.7 Å². The number of carbonyl (C=O) groups excluding carboxylic acids is 2. The molecule has 0 bridgehead atoms. The molecule has 0 saturated carbocycles. The van der Waals surface area contributed by atoms with Gasteiger partial charge in [0.25, 0.3) is 0 Å². The second-order valence-corrected chi connectivity index (χ2v) is 3.47. The summed E-state index contributed by atoms with van der Waals surface area (Å²) in [5.74, 6) is 0.377. The van der Waals surface area contributed by atoms with Crippen molar-refractivity contribution < 1.29 is 9.59 Å². The van der Waals surface area contributed by atoms with Crippen molar-refractivity contribution in [3.05, 3.63) is 0 Å². The monoisotopic (exact) mass is 228 g/mol. The molecule has 16 heavy (non-hydrogen) atoms. The molecule has 0 unspecified atom stereocenters. The van der Waals surface area contributed by atoms with Crippen molar-refractivity contribution in [1.82, 2.24) is 9.80 Å². The van der Waals surface area contributed by atoms with Gasteiger partial charge >= 0.3 is 0 Å². The Bertz CT molecular complexity index is 197. The van der Waals surface area contributed by atoms with Gasteiger partial charge in [0.2, 0.25) is 11.8 Å². The van der Waals surface area contributed by atoms with E-state index in [1.807, 2.05) is 37.5 Å². The molecule has 2 amide bonds. The van der Waals surface area contributed by atoms with Crippen LogP contribution in [0.5, 0.6) is 0 Å². The van der Waals surface area contributed by atoms with Gasteiger partial charge in [-0.2, -0.15) is 0 Å². The van der Waals surface area contributed by atoms with E-state index in [9.17, 15) is 9.59 Å². The Morgan fingerprint density at radius 3 is 1.25 bits per heavy atom. The SMILES string of the molecule is CC.CCC(=O)N1CCN(C(=O)CC)CC1. The van der Waals surface area contributed by atoms with Crippen molar-refractivity contribution in [2.75, 3.05) is 26.2 Å². The van der Waals surface area contributed by atoms with E-state index >= 15 is 0 Å². The van der Waals surface area contributed by atoms with Crippen LogP contribution in [0.15, 0.2) is 0 Å². The van der Waals surface area contributed by atoms with Crippen LogP contribution in [-0.4, -0.2) is 47.8 Å². The highest BCUT2D eigenvalue weighted by Gasteiger charge is 2.21. The van der Waals surface area contributed by atoms with Crippen molar-refractivity contribution >= 4 is 11.8 Å². The van der Waals surface area contributed by atoms with Gasteiger partial charge in [-0.15, -0.1) is 0 Å². The maximum absolute atomic E-state index is 11.3. The van der Waals surface area contributed by atoms with Gasteiger partial charge in [-0.25, -0.2) is 0 Å². The third-order valence-corrected chi connectivity index (χ3v) is 2.59. The van der Waals surface area contributed by atoms with E-state index in [0.29, 0.717) is 39.0 Å². The normalized spacial score (nSPS) is 15.2. The summed E-state index contributed by atoms with van der Waals surface area (Å²) in [7, 11) is 0. The van der Waals surface area contributed by atoms with Crippen LogP contribution < -0.4 is 0 Å². The predicted molar refractivity (Wildman–Crippen MR) is 65.1 cm³/mol. The highest BCUT2D eigenvalue weighted by molar-refractivity contribution is 5.78. The molecule has 4 heteroatoms. The van der Waals surface area contributed by atoms with Gasteiger partial charge in [0.15, 0.2) is 0 Å². The zero-order chi connectivity index (χ0) is 12.6. The first-order valence-corrected chi connectivity index (χ1v) is 6.24. The largest absolute Gasteiger partial charge is 0.339 e. The minimum absolute atomic E-state index is 0.189. The lowest BCUT2D eigenvalue weighted by molar-refractivity contribution is -0.139. The molecule has 0 radical (unpaired) electrons. The molecule has 4 nitrogen and oxygen atoms in total. The second-order valence-electron chi connectivity index (χ2n) is 3.47. The number of nitrogens with zero attached hydrogens (tertiary/aromatic N) is 2. The van der Waals surface area contributed by atoms with E-state index in [1.165, 1.54) is 0 Å². The molecule has 0 aromatic rings. The maximum Gasteiger partial charge on any atom is 0.222 e. The van der Waals surface area contributed by atoms with E-state index in [2.05, 4.69) is 0 Å². The summed E-state index contributed by atoms with van der Waals surface area (Å²) in [6.07, 6.45) is 1.11. The number of rotatable bonds is 2. The maximum atomic E-state index is 11.3. The Morgan fingerprint density at radius 1 is 0.812 bits per heavy atom. The van der Waals surface area contributed by atoms with Crippen molar-refractivity contribution in [3.63, 3.8) is 0 Å². The number of hydrogen-bond acceptors (Lipinski definition) is 2. The molecular formula is C12H24N2O2. The van der Waals surface area contributed by atoms with Crippen LogP contribution in [0.3, 0.4) is 0 Å². The van der Waals surface area contributed by atoms with Gasteiger partial charge < -0.3 is 9.80 Å². The molecule has 0 aromatic carbocycles. The number of piperazine rings is 1. The molecule has 0 atom stereocenters. The van der Waals surface area contributed by atoms with Crippen LogP contribution in [0.1, 0.15) is 40.5 Å². The van der Waals surface area contributed by atoms with Crippen LogP contribution in [-0.2, 0) is 9.59 Å². The van der Waals surface area contributed by atoms with Crippen molar-refractivity contribution in [3.8, 4) is 0 Å². The minimum atomic E-state index is 0.189. The Labute approximate surface area is 98.6 Å². The first-order valence-electron chi connectivity index (χ1n) is 6.24. The first-order chi connectivity index (χ1) is 7.69. The molecule has 0 aliphatic carbocycles. The zero-order valence-electron chi connectivity index (χ0n) is 11.0. The van der Waals surface area contributed by atoms with E-state index in [-0.39, 0.29) is 11.8 Å². The Balaban J connectivity index is 0.00000106. The standard InChI is InChI=1S/C10H18N2O2.C2H6/c1-3-9(13)11-5-7-12(8-6-11)10(14)4-2;1-2/h3-8H2,1-2H3;1-2H3. The summed E-state index contributed by atoms with van der Waals surface area (Å²) in [6, 6.07) is 0. The summed E-state index contributed by atoms with van der Waals surface area (Å²) < 4.78 is 0. The second kappa shape index (κ2) is 8.13. The summed E-state index contributed by atoms with van der Waals surface area (Å²) in [5, 5.41) is 0. The average Bonchev–Trinajstić information content (AvgIpc) is 2.39. The Kier molecular flexibility index (Phi) is 7.60. The molecule has 0 spiro atoms. The van der Waals surface area contributed by atoms with E-state index in [4.69, 9.17) is 0 Å². The smallest absolute Gasteiger partial charge is 0.222 e. The third kappa shape index (κ3) is 4.21. The fraction of sp³-hybridized carbons (Fsp3) is 0.833. The average molecular weight is 228 g/mol. The molecule has 1 aliphatic rings. The van der Waals surface area contributed by atoms with Crippen LogP contribution in [0.2, 0.25) is 0 Å². The summed E-state index contributed by atoms with van der Waals surface area (Å²) in [6.45, 7) is 10.5.